The van der Waals surface area contributed by atoms with Crippen LogP contribution in [0, 0.1) is 0 Å². The van der Waals surface area contributed by atoms with E-state index in [-0.39, 0.29) is 17.5 Å². The molecular formula is C19H20N4O2S2. The molecule has 140 valence electrons. The van der Waals surface area contributed by atoms with Gasteiger partial charge in [-0.15, -0.1) is 22.7 Å². The normalized spacial score (nSPS) is 17.7. The highest BCUT2D eigenvalue weighted by Crippen LogP contribution is 2.19. The first-order valence-corrected chi connectivity index (χ1v) is 10.6. The van der Waals surface area contributed by atoms with Crippen molar-refractivity contribution in [2.45, 2.75) is 25.4 Å². The Morgan fingerprint density at radius 3 is 2.89 bits per heavy atom. The van der Waals surface area contributed by atoms with Crippen molar-refractivity contribution in [1.82, 2.24) is 20.2 Å². The Kier molecular flexibility index (Phi) is 5.47. The number of carbonyl (C=O) groups is 1. The van der Waals surface area contributed by atoms with Crippen molar-refractivity contribution in [2.75, 3.05) is 13.1 Å². The van der Waals surface area contributed by atoms with Gasteiger partial charge in [0.15, 0.2) is 0 Å². The molecule has 3 aromatic heterocycles. The lowest BCUT2D eigenvalue weighted by Gasteiger charge is -2.32. The Bertz CT molecular complexity index is 951. The fourth-order valence-corrected chi connectivity index (χ4v) is 4.72. The number of amides is 1. The van der Waals surface area contributed by atoms with E-state index in [9.17, 15) is 9.59 Å². The van der Waals surface area contributed by atoms with Gasteiger partial charge >= 0.3 is 0 Å². The fourth-order valence-electron chi connectivity index (χ4n) is 3.30. The first kappa shape index (κ1) is 18.1. The van der Waals surface area contributed by atoms with E-state index in [1.807, 2.05) is 17.5 Å². The summed E-state index contributed by atoms with van der Waals surface area (Å²) in [5.74, 6) is 0.135. The lowest BCUT2D eigenvalue weighted by molar-refractivity contribution is 0.0899. The van der Waals surface area contributed by atoms with Crippen molar-refractivity contribution >= 4 is 28.6 Å². The fraction of sp³-hybridized carbons (Fsp3) is 0.316. The molecule has 0 aliphatic carbocycles. The summed E-state index contributed by atoms with van der Waals surface area (Å²) in [4.78, 5) is 36.4. The molecule has 1 aliphatic heterocycles. The van der Waals surface area contributed by atoms with Crippen LogP contribution in [0.2, 0.25) is 0 Å². The zero-order valence-corrected chi connectivity index (χ0v) is 16.3. The van der Waals surface area contributed by atoms with Gasteiger partial charge < -0.3 is 10.3 Å². The number of rotatable bonds is 5. The van der Waals surface area contributed by atoms with Gasteiger partial charge in [0.2, 0.25) is 0 Å². The van der Waals surface area contributed by atoms with Crippen molar-refractivity contribution in [1.29, 1.82) is 0 Å². The summed E-state index contributed by atoms with van der Waals surface area (Å²) in [6, 6.07) is 8.01. The Morgan fingerprint density at radius 2 is 2.15 bits per heavy atom. The van der Waals surface area contributed by atoms with E-state index < -0.39 is 5.56 Å². The smallest absolute Gasteiger partial charge is 0.264 e. The van der Waals surface area contributed by atoms with Gasteiger partial charge in [0.05, 0.1) is 4.88 Å². The van der Waals surface area contributed by atoms with Gasteiger partial charge in [0, 0.05) is 30.2 Å². The molecule has 1 atom stereocenters. The van der Waals surface area contributed by atoms with Gasteiger partial charge in [0.25, 0.3) is 11.5 Å². The summed E-state index contributed by atoms with van der Waals surface area (Å²) in [5.41, 5.74) is -0.345. The molecule has 27 heavy (non-hydrogen) atoms. The zero-order chi connectivity index (χ0) is 18.6. The third-order valence-corrected chi connectivity index (χ3v) is 6.34. The molecule has 0 spiro atoms. The number of hydrogen-bond donors (Lipinski definition) is 2. The number of aromatic amines is 1. The molecule has 8 heteroatoms. The van der Waals surface area contributed by atoms with E-state index in [1.165, 1.54) is 22.4 Å². The van der Waals surface area contributed by atoms with Crippen LogP contribution in [0.5, 0.6) is 0 Å². The van der Waals surface area contributed by atoms with Crippen LogP contribution in [-0.2, 0) is 6.54 Å². The van der Waals surface area contributed by atoms with Crippen LogP contribution in [0.4, 0.5) is 0 Å². The Morgan fingerprint density at radius 1 is 1.30 bits per heavy atom. The van der Waals surface area contributed by atoms with Crippen LogP contribution in [-0.4, -0.2) is 39.9 Å². The van der Waals surface area contributed by atoms with Gasteiger partial charge in [-0.1, -0.05) is 12.1 Å². The van der Waals surface area contributed by atoms with Crippen LogP contribution in [0.15, 0.2) is 46.0 Å². The summed E-state index contributed by atoms with van der Waals surface area (Å²) < 4.78 is 0. The molecule has 1 saturated heterocycles. The second-order valence-corrected chi connectivity index (χ2v) is 8.56. The SMILES string of the molecule is O=C(NC1CCCN(Cc2cccs2)C1)c1cnc(-c2cccs2)[nH]c1=O. The number of nitrogens with one attached hydrogen (secondary N) is 2. The molecular weight excluding hydrogens is 380 g/mol. The number of nitrogens with zero attached hydrogens (tertiary/aromatic N) is 2. The van der Waals surface area contributed by atoms with E-state index in [4.69, 9.17) is 0 Å². The van der Waals surface area contributed by atoms with Gasteiger partial charge in [-0.3, -0.25) is 14.5 Å². The second-order valence-electron chi connectivity index (χ2n) is 6.58. The standard InChI is InChI=1S/C19H20N4O2S2/c24-18(15-10-20-17(22-19(15)25)16-6-3-9-27-16)21-13-4-1-7-23(11-13)12-14-5-2-8-26-14/h2-3,5-6,8-10,13H,1,4,7,11-12H2,(H,21,24)(H,20,22,25). The van der Waals surface area contributed by atoms with Crippen LogP contribution < -0.4 is 10.9 Å². The lowest BCUT2D eigenvalue weighted by atomic mass is 10.1. The summed E-state index contributed by atoms with van der Waals surface area (Å²) >= 11 is 3.24. The first-order chi connectivity index (χ1) is 13.2. The van der Waals surface area contributed by atoms with Crippen LogP contribution in [0.3, 0.4) is 0 Å². The molecule has 0 bridgehead atoms. The van der Waals surface area contributed by atoms with Gasteiger partial charge in [-0.05, 0) is 42.3 Å². The third-order valence-electron chi connectivity index (χ3n) is 4.60. The third kappa shape index (κ3) is 4.35. The summed E-state index contributed by atoms with van der Waals surface area (Å²) in [6.45, 7) is 2.73. The largest absolute Gasteiger partial charge is 0.348 e. The summed E-state index contributed by atoms with van der Waals surface area (Å²) in [6.07, 6.45) is 3.32. The number of aromatic nitrogens is 2. The van der Waals surface area contributed by atoms with Crippen molar-refractivity contribution in [2.24, 2.45) is 0 Å². The van der Waals surface area contributed by atoms with Crippen molar-refractivity contribution in [3.8, 4) is 10.7 Å². The maximum atomic E-state index is 12.6. The van der Waals surface area contributed by atoms with E-state index >= 15 is 0 Å². The average Bonchev–Trinajstić information content (AvgIpc) is 3.36. The van der Waals surface area contributed by atoms with E-state index in [1.54, 1.807) is 11.3 Å². The number of piperidine rings is 1. The average molecular weight is 401 g/mol. The van der Waals surface area contributed by atoms with E-state index in [0.717, 1.165) is 37.4 Å². The van der Waals surface area contributed by atoms with Crippen molar-refractivity contribution < 1.29 is 4.79 Å². The Balaban J connectivity index is 1.40. The minimum atomic E-state index is -0.405. The van der Waals surface area contributed by atoms with Crippen molar-refractivity contribution in [3.63, 3.8) is 0 Å². The van der Waals surface area contributed by atoms with E-state index in [2.05, 4.69) is 37.7 Å². The molecule has 2 N–H and O–H groups in total. The Labute approximate surface area is 164 Å². The predicted molar refractivity (Wildman–Crippen MR) is 108 cm³/mol. The number of hydrogen-bond acceptors (Lipinski definition) is 6. The lowest BCUT2D eigenvalue weighted by Crippen LogP contribution is -2.48. The highest BCUT2D eigenvalue weighted by Gasteiger charge is 2.23. The molecule has 6 nitrogen and oxygen atoms in total. The molecule has 4 rings (SSSR count). The predicted octanol–water partition coefficient (Wildman–Crippen LogP) is 2.95. The zero-order valence-electron chi connectivity index (χ0n) is 14.7. The molecule has 1 aliphatic rings. The topological polar surface area (TPSA) is 78.1 Å². The van der Waals surface area contributed by atoms with Gasteiger partial charge in [-0.2, -0.15) is 0 Å². The minimum absolute atomic E-state index is 0.0441. The number of H-pyrrole nitrogens is 1. The molecule has 1 unspecified atom stereocenters. The molecule has 4 heterocycles. The molecule has 3 aromatic rings. The molecule has 1 fully saturated rings. The number of likely N-dealkylation sites (tertiary alicyclic amines) is 1. The van der Waals surface area contributed by atoms with Gasteiger partial charge in [-0.25, -0.2) is 4.98 Å². The maximum absolute atomic E-state index is 12.6. The quantitative estimate of drug-likeness (QED) is 0.690. The number of thiophene rings is 2. The highest BCUT2D eigenvalue weighted by atomic mass is 32.1. The first-order valence-electron chi connectivity index (χ1n) is 8.88. The maximum Gasteiger partial charge on any atom is 0.264 e. The number of carbonyl (C=O) groups excluding carboxylic acids is 1. The minimum Gasteiger partial charge on any atom is -0.348 e. The van der Waals surface area contributed by atoms with E-state index in [0.29, 0.717) is 5.82 Å². The molecule has 0 saturated carbocycles. The summed E-state index contributed by atoms with van der Waals surface area (Å²) in [5, 5.41) is 7.00. The van der Waals surface area contributed by atoms with Gasteiger partial charge in [0.1, 0.15) is 11.4 Å². The summed E-state index contributed by atoms with van der Waals surface area (Å²) in [7, 11) is 0. The molecule has 1 amide bonds. The van der Waals surface area contributed by atoms with Crippen LogP contribution >= 0.6 is 22.7 Å². The highest BCUT2D eigenvalue weighted by molar-refractivity contribution is 7.13. The second kappa shape index (κ2) is 8.16. The Hall–Kier alpha value is -2.29. The molecule has 0 radical (unpaired) electrons. The van der Waals surface area contributed by atoms with Crippen LogP contribution in [0.1, 0.15) is 28.1 Å². The monoisotopic (exact) mass is 400 g/mol. The van der Waals surface area contributed by atoms with Crippen LogP contribution in [0.25, 0.3) is 10.7 Å². The molecule has 0 aromatic carbocycles. The van der Waals surface area contributed by atoms with Crippen molar-refractivity contribution in [3.05, 3.63) is 62.0 Å².